The number of hydrogen-bond donors (Lipinski definition) is 4. The number of halogens is 1. The van der Waals surface area contributed by atoms with Crippen molar-refractivity contribution in [1.29, 1.82) is 0 Å². The molecule has 1 aromatic heterocycles. The Balaban J connectivity index is 1.46. The third-order valence-electron chi connectivity index (χ3n) is 7.15. The van der Waals surface area contributed by atoms with Crippen molar-refractivity contribution in [2.45, 2.75) is 51.0 Å². The molecule has 2 bridgehead atoms. The van der Waals surface area contributed by atoms with Crippen molar-refractivity contribution < 1.29 is 14.3 Å². The number of anilines is 2. The van der Waals surface area contributed by atoms with Gasteiger partial charge in [0.15, 0.2) is 6.29 Å². The first-order chi connectivity index (χ1) is 15.2. The first kappa shape index (κ1) is 20.7. The summed E-state index contributed by atoms with van der Waals surface area (Å²) >= 11 is 0. The minimum atomic E-state index is -0.823. The van der Waals surface area contributed by atoms with Crippen molar-refractivity contribution in [3.63, 3.8) is 0 Å². The van der Waals surface area contributed by atoms with Crippen LogP contribution in [0.15, 0.2) is 21.9 Å². The molecule has 2 heterocycles. The molecule has 170 valence electrons. The minimum absolute atomic E-state index is 0.0366. The lowest BCUT2D eigenvalue weighted by atomic mass is 9.82. The van der Waals surface area contributed by atoms with Crippen molar-refractivity contribution in [3.8, 4) is 0 Å². The minimum Gasteiger partial charge on any atom is -0.393 e. The molecule has 3 unspecified atom stereocenters. The molecule has 3 aliphatic rings. The molecule has 2 aliphatic carbocycles. The number of rotatable bonds is 4. The first-order valence-corrected chi connectivity index (χ1v) is 10.9. The molecule has 1 amide bonds. The molecular weight excluding hydrogens is 415 g/mol. The summed E-state index contributed by atoms with van der Waals surface area (Å²) in [6.45, 7) is 1.75. The largest absolute Gasteiger partial charge is 0.393 e. The van der Waals surface area contributed by atoms with Crippen LogP contribution in [0.25, 0.3) is 0 Å². The van der Waals surface area contributed by atoms with Crippen LogP contribution < -0.4 is 22.1 Å². The number of nitrogens with one attached hydrogen (secondary N) is 2. The Hall–Kier alpha value is -3.14. The summed E-state index contributed by atoms with van der Waals surface area (Å²) in [5.41, 5.74) is 6.75. The Labute approximate surface area is 184 Å². The highest BCUT2D eigenvalue weighted by atomic mass is 19.1. The van der Waals surface area contributed by atoms with E-state index in [9.17, 15) is 19.1 Å². The van der Waals surface area contributed by atoms with E-state index < -0.39 is 18.0 Å². The van der Waals surface area contributed by atoms with E-state index in [0.717, 1.165) is 12.8 Å². The zero-order chi connectivity index (χ0) is 22.7. The van der Waals surface area contributed by atoms with Crippen LogP contribution in [0, 0.1) is 24.6 Å². The van der Waals surface area contributed by atoms with Gasteiger partial charge in [0.1, 0.15) is 17.3 Å². The fourth-order valence-electron chi connectivity index (χ4n) is 5.65. The monoisotopic (exact) mass is 442 g/mol. The van der Waals surface area contributed by atoms with E-state index in [0.29, 0.717) is 35.6 Å². The first-order valence-electron chi connectivity index (χ1n) is 10.9. The third kappa shape index (κ3) is 3.21. The number of fused-ring (bicyclic) bond motifs is 3. The quantitative estimate of drug-likeness (QED) is 0.573. The van der Waals surface area contributed by atoms with Crippen molar-refractivity contribution in [2.24, 2.45) is 29.6 Å². The van der Waals surface area contributed by atoms with Gasteiger partial charge in [0.2, 0.25) is 0 Å². The SMILES string of the molecule is Cc1cc(C(N)=O)c(F)cc1NC1N=Cc2c(n(C3C4CCC3CC(O)C4)c(=O)n2C)N1. The van der Waals surface area contributed by atoms with Gasteiger partial charge in [-0.3, -0.25) is 13.9 Å². The lowest BCUT2D eigenvalue weighted by molar-refractivity contribution is 0.0645. The summed E-state index contributed by atoms with van der Waals surface area (Å²) in [6, 6.07) is 2.67. The van der Waals surface area contributed by atoms with Gasteiger partial charge >= 0.3 is 5.69 Å². The van der Waals surface area contributed by atoms with Crippen LogP contribution in [0.2, 0.25) is 0 Å². The summed E-state index contributed by atoms with van der Waals surface area (Å²) in [6.07, 6.45) is 4.13. The van der Waals surface area contributed by atoms with E-state index in [1.165, 1.54) is 12.1 Å². The van der Waals surface area contributed by atoms with Gasteiger partial charge in [0, 0.05) is 18.8 Å². The number of aryl methyl sites for hydroxylation is 1. The fraction of sp³-hybridized carbons (Fsp3) is 0.500. The Kier molecular flexibility index (Phi) is 4.85. The van der Waals surface area contributed by atoms with Crippen LogP contribution in [0.5, 0.6) is 0 Å². The average Bonchev–Trinajstić information content (AvgIpc) is 3.13. The maximum absolute atomic E-state index is 14.3. The molecule has 0 saturated heterocycles. The van der Waals surface area contributed by atoms with Gasteiger partial charge < -0.3 is 21.5 Å². The molecular formula is C22H27FN6O3. The van der Waals surface area contributed by atoms with E-state index in [2.05, 4.69) is 15.6 Å². The van der Waals surface area contributed by atoms with Gasteiger partial charge in [-0.1, -0.05) is 0 Å². The number of benzene rings is 1. The molecule has 2 saturated carbocycles. The van der Waals surface area contributed by atoms with E-state index >= 15 is 0 Å². The lowest BCUT2D eigenvalue weighted by Crippen LogP contribution is -2.38. The molecule has 0 spiro atoms. The van der Waals surface area contributed by atoms with Crippen LogP contribution in [0.1, 0.15) is 53.3 Å². The Morgan fingerprint density at radius 1 is 1.31 bits per heavy atom. The number of hydrogen-bond acceptors (Lipinski definition) is 6. The third-order valence-corrected chi connectivity index (χ3v) is 7.15. The van der Waals surface area contributed by atoms with Crippen LogP contribution in [-0.4, -0.2) is 38.8 Å². The van der Waals surface area contributed by atoms with E-state index in [4.69, 9.17) is 5.73 Å². The predicted octanol–water partition coefficient (Wildman–Crippen LogP) is 1.70. The molecule has 10 heteroatoms. The van der Waals surface area contributed by atoms with Crippen LogP contribution in [0.4, 0.5) is 15.9 Å². The molecule has 32 heavy (non-hydrogen) atoms. The zero-order valence-corrected chi connectivity index (χ0v) is 18.0. The number of nitrogens with two attached hydrogens (primary N) is 1. The van der Waals surface area contributed by atoms with Gasteiger partial charge in [-0.15, -0.1) is 0 Å². The number of imidazole rings is 1. The number of aliphatic hydroxyl groups excluding tert-OH is 1. The van der Waals surface area contributed by atoms with Crippen molar-refractivity contribution in [2.75, 3.05) is 10.6 Å². The van der Waals surface area contributed by atoms with Gasteiger partial charge in [0.25, 0.3) is 5.91 Å². The zero-order valence-electron chi connectivity index (χ0n) is 18.0. The molecule has 2 fully saturated rings. The topological polar surface area (TPSA) is 127 Å². The highest BCUT2D eigenvalue weighted by molar-refractivity contribution is 5.94. The number of aliphatic hydroxyl groups is 1. The second kappa shape index (κ2) is 7.47. The summed E-state index contributed by atoms with van der Waals surface area (Å²) in [7, 11) is 1.72. The smallest absolute Gasteiger partial charge is 0.330 e. The van der Waals surface area contributed by atoms with E-state index in [1.807, 2.05) is 4.57 Å². The standard InChI is InChI=1S/C22H27FN6O3/c1-10-5-14(19(24)31)15(23)8-16(10)26-21-25-9-17-20(27-21)29(22(32)28(17)2)18-11-3-4-12(18)7-13(30)6-11/h5,8-9,11-13,18,21,26-27,30H,3-4,6-7H2,1-2H3,(H2,24,31). The highest BCUT2D eigenvalue weighted by Gasteiger charge is 2.45. The maximum Gasteiger partial charge on any atom is 0.330 e. The number of nitrogens with zero attached hydrogens (tertiary/aromatic N) is 3. The number of carbonyl (C=O) groups excluding carboxylic acids is 1. The fourth-order valence-corrected chi connectivity index (χ4v) is 5.65. The lowest BCUT2D eigenvalue weighted by Gasteiger charge is -2.35. The van der Waals surface area contributed by atoms with Gasteiger partial charge in [-0.2, -0.15) is 0 Å². The number of carbonyl (C=O) groups is 1. The van der Waals surface area contributed by atoms with Gasteiger partial charge in [-0.05, 0) is 62.1 Å². The number of primary amides is 1. The molecule has 0 radical (unpaired) electrons. The molecule has 2 aromatic rings. The Bertz CT molecular complexity index is 1170. The van der Waals surface area contributed by atoms with Crippen LogP contribution >= 0.6 is 0 Å². The number of amides is 1. The summed E-state index contributed by atoms with van der Waals surface area (Å²) in [5.74, 6) is -0.332. The van der Waals surface area contributed by atoms with Crippen molar-refractivity contribution >= 4 is 23.6 Å². The maximum atomic E-state index is 14.3. The molecule has 5 N–H and O–H groups in total. The van der Waals surface area contributed by atoms with Crippen molar-refractivity contribution in [1.82, 2.24) is 9.13 Å². The second-order valence-electron chi connectivity index (χ2n) is 9.14. The molecule has 9 nitrogen and oxygen atoms in total. The number of aliphatic imine (C=N–C) groups is 1. The summed E-state index contributed by atoms with van der Waals surface area (Å²) < 4.78 is 17.7. The normalized spacial score (nSPS) is 28.3. The van der Waals surface area contributed by atoms with E-state index in [1.54, 1.807) is 24.8 Å². The van der Waals surface area contributed by atoms with Crippen molar-refractivity contribution in [3.05, 3.63) is 45.3 Å². The highest BCUT2D eigenvalue weighted by Crippen LogP contribution is 2.50. The Morgan fingerprint density at radius 2 is 2.00 bits per heavy atom. The summed E-state index contributed by atoms with van der Waals surface area (Å²) in [4.78, 5) is 29.0. The van der Waals surface area contributed by atoms with Gasteiger partial charge in [0.05, 0.1) is 17.9 Å². The van der Waals surface area contributed by atoms with E-state index in [-0.39, 0.29) is 35.2 Å². The van der Waals surface area contributed by atoms with Crippen LogP contribution in [-0.2, 0) is 7.05 Å². The molecule has 1 aromatic carbocycles. The summed E-state index contributed by atoms with van der Waals surface area (Å²) in [5, 5.41) is 16.6. The average molecular weight is 442 g/mol. The van der Waals surface area contributed by atoms with Crippen LogP contribution in [0.3, 0.4) is 0 Å². The van der Waals surface area contributed by atoms with Gasteiger partial charge in [-0.25, -0.2) is 14.2 Å². The molecule has 3 atom stereocenters. The number of aromatic nitrogens is 2. The predicted molar refractivity (Wildman–Crippen MR) is 118 cm³/mol. The molecule has 1 aliphatic heterocycles. The Morgan fingerprint density at radius 3 is 2.66 bits per heavy atom. The molecule has 5 rings (SSSR count). The second-order valence-corrected chi connectivity index (χ2v) is 9.14.